The van der Waals surface area contributed by atoms with Gasteiger partial charge in [0.05, 0.1) is 23.6 Å². The monoisotopic (exact) mass is 234 g/mol. The van der Waals surface area contributed by atoms with Crippen LogP contribution in [0.2, 0.25) is 0 Å². The van der Waals surface area contributed by atoms with E-state index in [4.69, 9.17) is 0 Å². The molecule has 0 aliphatic carbocycles. The third kappa shape index (κ3) is 2.71. The van der Waals surface area contributed by atoms with Gasteiger partial charge in [-0.3, -0.25) is 4.68 Å². The van der Waals surface area contributed by atoms with Crippen LogP contribution >= 0.6 is 0 Å². The van der Waals surface area contributed by atoms with Gasteiger partial charge in [-0.15, -0.1) is 0 Å². The average Bonchev–Trinajstić information content (AvgIpc) is 2.88. The molecule has 0 fully saturated rings. The molecule has 0 saturated heterocycles. The molecule has 2 aromatic heterocycles. The number of H-pyrrole nitrogens is 1. The molecule has 0 aliphatic rings. The van der Waals surface area contributed by atoms with Gasteiger partial charge >= 0.3 is 0 Å². The molecular weight excluding hydrogens is 216 g/mol. The van der Waals surface area contributed by atoms with Crippen LogP contribution in [0.25, 0.3) is 0 Å². The van der Waals surface area contributed by atoms with Gasteiger partial charge in [-0.1, -0.05) is 6.92 Å². The molecule has 0 radical (unpaired) electrons. The van der Waals surface area contributed by atoms with Crippen molar-refractivity contribution in [2.75, 3.05) is 6.54 Å². The van der Waals surface area contributed by atoms with Crippen molar-refractivity contribution in [2.24, 2.45) is 7.05 Å². The van der Waals surface area contributed by atoms with Crippen molar-refractivity contribution in [3.05, 3.63) is 29.3 Å². The Morgan fingerprint density at radius 2 is 2.35 bits per heavy atom. The van der Waals surface area contributed by atoms with E-state index in [9.17, 15) is 0 Å². The number of aryl methyl sites for hydroxylation is 2. The maximum atomic E-state index is 4.35. The van der Waals surface area contributed by atoms with Crippen LogP contribution in [0.4, 0.5) is 0 Å². The fourth-order valence-electron chi connectivity index (χ4n) is 1.97. The predicted octanol–water partition coefficient (Wildman–Crippen LogP) is 0.740. The highest BCUT2D eigenvalue weighted by molar-refractivity contribution is 5.13. The second kappa shape index (κ2) is 5.09. The van der Waals surface area contributed by atoms with Crippen molar-refractivity contribution in [1.82, 2.24) is 30.5 Å². The third-order valence-corrected chi connectivity index (χ3v) is 2.75. The lowest BCUT2D eigenvalue weighted by atomic mass is 10.1. The summed E-state index contributed by atoms with van der Waals surface area (Å²) in [5.41, 5.74) is 3.17. The fraction of sp³-hybridized carbons (Fsp3) is 0.545. The van der Waals surface area contributed by atoms with E-state index in [1.807, 2.05) is 18.7 Å². The van der Waals surface area contributed by atoms with Gasteiger partial charge in [-0.25, -0.2) is 0 Å². The van der Waals surface area contributed by atoms with E-state index < -0.39 is 0 Å². The average molecular weight is 234 g/mol. The van der Waals surface area contributed by atoms with E-state index in [-0.39, 0.29) is 6.04 Å². The number of rotatable bonds is 5. The molecule has 2 heterocycles. The largest absolute Gasteiger partial charge is 0.308 e. The molecule has 0 amide bonds. The van der Waals surface area contributed by atoms with E-state index in [1.54, 1.807) is 6.20 Å². The number of aromatic nitrogens is 5. The number of aromatic amines is 1. The Kier molecular flexibility index (Phi) is 3.53. The SMILES string of the molecule is CCNC(Cc1cc(C)nn1C)c1cn[nH]n1. The Bertz CT molecular complexity index is 458. The Balaban J connectivity index is 2.15. The highest BCUT2D eigenvalue weighted by Gasteiger charge is 2.16. The van der Waals surface area contributed by atoms with Crippen LogP contribution < -0.4 is 5.32 Å². The molecule has 1 atom stereocenters. The molecule has 2 aromatic rings. The molecule has 0 saturated carbocycles. The third-order valence-electron chi connectivity index (χ3n) is 2.75. The van der Waals surface area contributed by atoms with Gasteiger partial charge in [0.25, 0.3) is 0 Å². The number of hydrogen-bond acceptors (Lipinski definition) is 4. The van der Waals surface area contributed by atoms with Crippen LogP contribution in [0.1, 0.15) is 30.0 Å². The van der Waals surface area contributed by atoms with Crippen molar-refractivity contribution in [2.45, 2.75) is 26.3 Å². The lowest BCUT2D eigenvalue weighted by molar-refractivity contribution is 0.516. The Hall–Kier alpha value is -1.69. The van der Waals surface area contributed by atoms with Gasteiger partial charge < -0.3 is 5.32 Å². The summed E-state index contributed by atoms with van der Waals surface area (Å²) in [5.74, 6) is 0. The van der Waals surface area contributed by atoms with Crippen LogP contribution in [0.15, 0.2) is 12.3 Å². The standard InChI is InChI=1S/C11H18N6/c1-4-12-10(11-7-13-16-14-11)6-9-5-8(2)15-17(9)3/h5,7,10,12H,4,6H2,1-3H3,(H,13,14,16). The maximum absolute atomic E-state index is 4.35. The number of likely N-dealkylation sites (N-methyl/N-ethyl adjacent to an activating group) is 1. The van der Waals surface area contributed by atoms with Gasteiger partial charge in [0, 0.05) is 19.2 Å². The summed E-state index contributed by atoms with van der Waals surface area (Å²) in [6.45, 7) is 4.98. The zero-order valence-electron chi connectivity index (χ0n) is 10.4. The topological polar surface area (TPSA) is 71.4 Å². The molecule has 6 heteroatoms. The highest BCUT2D eigenvalue weighted by atomic mass is 15.3. The van der Waals surface area contributed by atoms with Crippen molar-refractivity contribution < 1.29 is 0 Å². The van der Waals surface area contributed by atoms with Crippen LogP contribution in [0, 0.1) is 6.92 Å². The summed E-state index contributed by atoms with van der Waals surface area (Å²) >= 11 is 0. The molecular formula is C11H18N6. The molecule has 0 spiro atoms. The first kappa shape index (κ1) is 11.8. The lowest BCUT2D eigenvalue weighted by Crippen LogP contribution is -2.24. The summed E-state index contributed by atoms with van der Waals surface area (Å²) in [5, 5.41) is 18.4. The second-order valence-electron chi connectivity index (χ2n) is 4.11. The molecule has 17 heavy (non-hydrogen) atoms. The minimum absolute atomic E-state index is 0.175. The molecule has 0 aromatic carbocycles. The predicted molar refractivity (Wildman–Crippen MR) is 64.4 cm³/mol. The lowest BCUT2D eigenvalue weighted by Gasteiger charge is -2.14. The van der Waals surface area contributed by atoms with E-state index in [2.05, 4.69) is 38.8 Å². The number of nitrogens with zero attached hydrogens (tertiary/aromatic N) is 4. The zero-order chi connectivity index (χ0) is 12.3. The summed E-state index contributed by atoms with van der Waals surface area (Å²) in [4.78, 5) is 0. The van der Waals surface area contributed by atoms with Gasteiger partial charge in [-0.2, -0.15) is 20.5 Å². The van der Waals surface area contributed by atoms with Crippen molar-refractivity contribution >= 4 is 0 Å². The molecule has 2 rings (SSSR count). The van der Waals surface area contributed by atoms with E-state index in [1.165, 1.54) is 5.69 Å². The first-order valence-corrected chi connectivity index (χ1v) is 5.79. The molecule has 6 nitrogen and oxygen atoms in total. The quantitative estimate of drug-likeness (QED) is 0.800. The van der Waals surface area contributed by atoms with Crippen molar-refractivity contribution in [3.63, 3.8) is 0 Å². The molecule has 0 bridgehead atoms. The number of nitrogens with one attached hydrogen (secondary N) is 2. The minimum atomic E-state index is 0.175. The van der Waals surface area contributed by atoms with E-state index in [0.717, 1.165) is 24.4 Å². The molecule has 0 aliphatic heterocycles. The maximum Gasteiger partial charge on any atom is 0.0997 e. The smallest absolute Gasteiger partial charge is 0.0997 e. The van der Waals surface area contributed by atoms with Crippen molar-refractivity contribution in [1.29, 1.82) is 0 Å². The highest BCUT2D eigenvalue weighted by Crippen LogP contribution is 2.15. The van der Waals surface area contributed by atoms with Crippen LogP contribution in [0.3, 0.4) is 0 Å². The first-order valence-electron chi connectivity index (χ1n) is 5.79. The second-order valence-corrected chi connectivity index (χ2v) is 4.11. The summed E-state index contributed by atoms with van der Waals surface area (Å²) in [6.07, 6.45) is 2.62. The van der Waals surface area contributed by atoms with E-state index in [0.29, 0.717) is 0 Å². The van der Waals surface area contributed by atoms with Gasteiger partial charge in [0.15, 0.2) is 0 Å². The van der Waals surface area contributed by atoms with Crippen LogP contribution in [0.5, 0.6) is 0 Å². The van der Waals surface area contributed by atoms with Gasteiger partial charge in [-0.05, 0) is 19.5 Å². The first-order chi connectivity index (χ1) is 8.20. The normalized spacial score (nSPS) is 12.9. The Morgan fingerprint density at radius 1 is 1.53 bits per heavy atom. The Labute approximate surface area is 100 Å². The molecule has 1 unspecified atom stereocenters. The minimum Gasteiger partial charge on any atom is -0.308 e. The van der Waals surface area contributed by atoms with Crippen LogP contribution in [-0.2, 0) is 13.5 Å². The van der Waals surface area contributed by atoms with E-state index >= 15 is 0 Å². The zero-order valence-corrected chi connectivity index (χ0v) is 10.4. The molecule has 92 valence electrons. The summed E-state index contributed by atoms with van der Waals surface area (Å²) < 4.78 is 1.92. The Morgan fingerprint density at radius 3 is 2.88 bits per heavy atom. The number of hydrogen-bond donors (Lipinski definition) is 2. The van der Waals surface area contributed by atoms with Crippen LogP contribution in [-0.4, -0.2) is 31.7 Å². The molecule has 2 N–H and O–H groups in total. The summed E-state index contributed by atoms with van der Waals surface area (Å²) in [6, 6.07) is 2.28. The summed E-state index contributed by atoms with van der Waals surface area (Å²) in [7, 11) is 1.97. The van der Waals surface area contributed by atoms with Gasteiger partial charge in [0.1, 0.15) is 0 Å². The van der Waals surface area contributed by atoms with Gasteiger partial charge in [0.2, 0.25) is 0 Å². The fourth-order valence-corrected chi connectivity index (χ4v) is 1.97. The van der Waals surface area contributed by atoms with Crippen molar-refractivity contribution in [3.8, 4) is 0 Å².